The van der Waals surface area contributed by atoms with E-state index in [1.165, 1.54) is 43.4 Å². The van der Waals surface area contributed by atoms with E-state index < -0.39 is 0 Å². The molecule has 0 spiro atoms. The second-order valence-corrected chi connectivity index (χ2v) is 14.5. The number of benzene rings is 10. The average Bonchev–Trinajstić information content (AvgIpc) is 3.66. The van der Waals surface area contributed by atoms with E-state index in [9.17, 15) is 0 Å². The largest absolute Gasteiger partial charge is 0.455 e. The lowest BCUT2D eigenvalue weighted by Crippen LogP contribution is -2.10. The van der Waals surface area contributed by atoms with E-state index in [0.717, 1.165) is 61.3 Å². The lowest BCUT2D eigenvalue weighted by Gasteiger charge is -2.28. The highest BCUT2D eigenvalue weighted by atomic mass is 16.3. The summed E-state index contributed by atoms with van der Waals surface area (Å²) in [4.78, 5) is 2.41. The molecule has 11 rings (SSSR count). The molecule has 0 radical (unpaired) electrons. The minimum absolute atomic E-state index is 0.905. The highest BCUT2D eigenvalue weighted by Crippen LogP contribution is 2.44. The fourth-order valence-corrected chi connectivity index (χ4v) is 8.58. The van der Waals surface area contributed by atoms with Gasteiger partial charge in [-0.25, -0.2) is 0 Å². The van der Waals surface area contributed by atoms with E-state index in [0.29, 0.717) is 0 Å². The molecule has 0 aliphatic rings. The van der Waals surface area contributed by atoms with Gasteiger partial charge in [-0.15, -0.1) is 0 Å². The molecule has 0 aliphatic carbocycles. The summed E-state index contributed by atoms with van der Waals surface area (Å²) >= 11 is 0. The molecule has 11 aromatic rings. The van der Waals surface area contributed by atoms with Gasteiger partial charge < -0.3 is 9.32 Å². The van der Waals surface area contributed by atoms with Gasteiger partial charge in [0, 0.05) is 33.4 Å². The van der Waals surface area contributed by atoms with Crippen molar-refractivity contribution < 1.29 is 4.42 Å². The molecule has 2 nitrogen and oxygen atoms in total. The lowest BCUT2D eigenvalue weighted by molar-refractivity contribution is 0.670. The van der Waals surface area contributed by atoms with Gasteiger partial charge in [0.2, 0.25) is 0 Å². The summed E-state index contributed by atoms with van der Waals surface area (Å²) in [5.74, 6) is 0. The third-order valence-electron chi connectivity index (χ3n) is 11.2. The molecule has 10 aromatic carbocycles. The van der Waals surface area contributed by atoms with Crippen LogP contribution in [-0.4, -0.2) is 0 Å². The zero-order chi connectivity index (χ0) is 37.0. The highest BCUT2D eigenvalue weighted by molar-refractivity contribution is 6.25. The van der Waals surface area contributed by atoms with Crippen molar-refractivity contribution in [2.24, 2.45) is 0 Å². The summed E-state index contributed by atoms with van der Waals surface area (Å²) in [7, 11) is 0. The third kappa shape index (κ3) is 5.34. The van der Waals surface area contributed by atoms with Crippen LogP contribution in [0.25, 0.3) is 87.6 Å². The predicted molar refractivity (Wildman–Crippen MR) is 237 cm³/mol. The molecule has 0 amide bonds. The van der Waals surface area contributed by atoms with Crippen LogP contribution in [0.1, 0.15) is 0 Å². The lowest BCUT2D eigenvalue weighted by atomic mass is 9.93. The molecule has 1 aromatic heterocycles. The summed E-state index contributed by atoms with van der Waals surface area (Å²) in [6.07, 6.45) is 0. The Kier molecular flexibility index (Phi) is 7.53. The Morgan fingerprint density at radius 2 is 0.768 bits per heavy atom. The Balaban J connectivity index is 1.14. The van der Waals surface area contributed by atoms with Crippen LogP contribution < -0.4 is 4.90 Å². The first kappa shape index (κ1) is 32.0. The first-order valence-electron chi connectivity index (χ1n) is 19.2. The molecule has 0 saturated carbocycles. The first-order chi connectivity index (χ1) is 27.8. The summed E-state index contributed by atoms with van der Waals surface area (Å²) in [6, 6.07) is 76.6. The fourth-order valence-electron chi connectivity index (χ4n) is 8.58. The monoisotopic (exact) mass is 713 g/mol. The maximum Gasteiger partial charge on any atom is 0.143 e. The smallest absolute Gasteiger partial charge is 0.143 e. The first-order valence-corrected chi connectivity index (χ1v) is 19.2. The van der Waals surface area contributed by atoms with Crippen LogP contribution in [0.15, 0.2) is 217 Å². The number of furan rings is 1. The third-order valence-corrected chi connectivity index (χ3v) is 11.2. The van der Waals surface area contributed by atoms with Crippen LogP contribution in [-0.2, 0) is 0 Å². The van der Waals surface area contributed by atoms with Gasteiger partial charge in [0.15, 0.2) is 0 Å². The molecule has 0 fully saturated rings. The Morgan fingerprint density at radius 1 is 0.268 bits per heavy atom. The standard InChI is InChI=1S/C54H35NO/c1-3-14-36(15-4-1)39-32-40(37-16-5-2-6-17-37)34-43(33-39)55(42-30-31-49-47-20-8-7-18-45(47)46-19-9-10-21-48(46)52(49)35-42)41-28-26-38(27-29-41)44-23-13-24-51-50-22-11-12-25-53(50)56-54(44)51/h1-35H. The molecule has 0 saturated heterocycles. The normalized spacial score (nSPS) is 11.6. The van der Waals surface area contributed by atoms with Crippen LogP contribution in [0.3, 0.4) is 0 Å². The van der Waals surface area contributed by atoms with E-state index in [1.807, 2.05) is 12.1 Å². The molecule has 0 atom stereocenters. The van der Waals surface area contributed by atoms with Crippen LogP contribution >= 0.6 is 0 Å². The molecule has 0 N–H and O–H groups in total. The van der Waals surface area contributed by atoms with Crippen molar-refractivity contribution >= 4 is 71.3 Å². The number of hydrogen-bond donors (Lipinski definition) is 0. The topological polar surface area (TPSA) is 16.4 Å². The van der Waals surface area contributed by atoms with Crippen molar-refractivity contribution in [3.63, 3.8) is 0 Å². The quantitative estimate of drug-likeness (QED) is 0.160. The second-order valence-electron chi connectivity index (χ2n) is 14.5. The minimum Gasteiger partial charge on any atom is -0.455 e. The number of hydrogen-bond acceptors (Lipinski definition) is 2. The zero-order valence-corrected chi connectivity index (χ0v) is 30.6. The Hall–Kier alpha value is -7.42. The van der Waals surface area contributed by atoms with Gasteiger partial charge in [-0.05, 0) is 109 Å². The number of fused-ring (bicyclic) bond motifs is 9. The number of nitrogens with zero attached hydrogens (tertiary/aromatic N) is 1. The van der Waals surface area contributed by atoms with Crippen LogP contribution in [0.5, 0.6) is 0 Å². The molecule has 1 heterocycles. The molecular weight excluding hydrogens is 679 g/mol. The Morgan fingerprint density at radius 3 is 1.39 bits per heavy atom. The second kappa shape index (κ2) is 13.2. The van der Waals surface area contributed by atoms with Crippen LogP contribution in [0, 0.1) is 0 Å². The zero-order valence-electron chi connectivity index (χ0n) is 30.6. The molecular formula is C54H35NO. The molecule has 262 valence electrons. The van der Waals surface area contributed by atoms with Crippen molar-refractivity contribution in [3.05, 3.63) is 212 Å². The van der Waals surface area contributed by atoms with Crippen LogP contribution in [0.4, 0.5) is 17.1 Å². The van der Waals surface area contributed by atoms with Gasteiger partial charge in [0.25, 0.3) is 0 Å². The van der Waals surface area contributed by atoms with Gasteiger partial charge >= 0.3 is 0 Å². The van der Waals surface area contributed by atoms with E-state index in [4.69, 9.17) is 4.42 Å². The highest BCUT2D eigenvalue weighted by Gasteiger charge is 2.19. The molecule has 2 heteroatoms. The number of rotatable bonds is 6. The van der Waals surface area contributed by atoms with Gasteiger partial charge in [-0.3, -0.25) is 0 Å². The van der Waals surface area contributed by atoms with E-state index in [-0.39, 0.29) is 0 Å². The van der Waals surface area contributed by atoms with E-state index >= 15 is 0 Å². The van der Waals surface area contributed by atoms with Gasteiger partial charge in [-0.2, -0.15) is 0 Å². The average molecular weight is 714 g/mol. The summed E-state index contributed by atoms with van der Waals surface area (Å²) in [5.41, 5.74) is 11.9. The van der Waals surface area contributed by atoms with Crippen molar-refractivity contribution in [3.8, 4) is 33.4 Å². The van der Waals surface area contributed by atoms with Gasteiger partial charge in [0.1, 0.15) is 11.2 Å². The number of anilines is 3. The maximum atomic E-state index is 6.46. The van der Waals surface area contributed by atoms with Gasteiger partial charge in [0.05, 0.1) is 0 Å². The molecule has 0 unspecified atom stereocenters. The Labute approximate surface area is 325 Å². The molecule has 0 aliphatic heterocycles. The molecule has 0 bridgehead atoms. The van der Waals surface area contributed by atoms with Crippen LogP contribution in [0.2, 0.25) is 0 Å². The van der Waals surface area contributed by atoms with E-state index in [2.05, 4.69) is 205 Å². The van der Waals surface area contributed by atoms with Crippen molar-refractivity contribution in [1.29, 1.82) is 0 Å². The molecule has 56 heavy (non-hydrogen) atoms. The maximum absolute atomic E-state index is 6.46. The summed E-state index contributed by atoms with van der Waals surface area (Å²) < 4.78 is 6.46. The van der Waals surface area contributed by atoms with Crippen molar-refractivity contribution in [2.45, 2.75) is 0 Å². The minimum atomic E-state index is 0.905. The van der Waals surface area contributed by atoms with Crippen molar-refractivity contribution in [2.75, 3.05) is 4.90 Å². The summed E-state index contributed by atoms with van der Waals surface area (Å²) in [5, 5.41) is 9.81. The fraction of sp³-hybridized carbons (Fsp3) is 0. The van der Waals surface area contributed by atoms with Gasteiger partial charge in [-0.1, -0.05) is 164 Å². The SMILES string of the molecule is c1ccc(-c2cc(-c3ccccc3)cc(N(c3ccc(-c4cccc5c4oc4ccccc45)cc3)c3ccc4c5ccccc5c5ccccc5c4c3)c2)cc1. The predicted octanol–water partition coefficient (Wildman–Crippen LogP) is 15.5. The summed E-state index contributed by atoms with van der Waals surface area (Å²) in [6.45, 7) is 0. The van der Waals surface area contributed by atoms with E-state index in [1.54, 1.807) is 0 Å². The Bertz CT molecular complexity index is 3140. The van der Waals surface area contributed by atoms with Crippen molar-refractivity contribution in [1.82, 2.24) is 0 Å². The number of para-hydroxylation sites is 2.